The smallest absolute Gasteiger partial charge is 0.0791 e. The lowest BCUT2D eigenvalue weighted by Crippen LogP contribution is -2.44. The van der Waals surface area contributed by atoms with Gasteiger partial charge in [0.05, 0.1) is 12.2 Å². The lowest BCUT2D eigenvalue weighted by molar-refractivity contribution is 0.0729. The average Bonchev–Trinajstić information content (AvgIpc) is 2.96. The third-order valence-electron chi connectivity index (χ3n) is 4.04. The largest absolute Gasteiger partial charge is 0.390 e. The van der Waals surface area contributed by atoms with Gasteiger partial charge in [0.1, 0.15) is 0 Å². The Kier molecular flexibility index (Phi) is 5.22. The molecule has 0 aromatic rings. The molecule has 0 aromatic carbocycles. The first-order valence-corrected chi connectivity index (χ1v) is 6.96. The number of hydrogen-bond donors (Lipinski definition) is 2. The van der Waals surface area contributed by atoms with Crippen molar-refractivity contribution in [2.24, 2.45) is 0 Å². The number of rotatable bonds is 6. The topological polar surface area (TPSA) is 44.7 Å². The van der Waals surface area contributed by atoms with Crippen LogP contribution in [0, 0.1) is 0 Å². The summed E-state index contributed by atoms with van der Waals surface area (Å²) in [5.41, 5.74) is 0. The van der Waals surface area contributed by atoms with E-state index in [0.717, 1.165) is 26.1 Å². The Bertz CT molecular complexity index is 219. The van der Waals surface area contributed by atoms with E-state index in [9.17, 15) is 5.11 Å². The van der Waals surface area contributed by atoms with Crippen LogP contribution in [0.3, 0.4) is 0 Å². The summed E-state index contributed by atoms with van der Waals surface area (Å²) in [5, 5.41) is 13.4. The molecule has 2 N–H and O–H groups in total. The van der Waals surface area contributed by atoms with Gasteiger partial charge in [-0.15, -0.1) is 0 Å². The normalized spacial score (nSPS) is 32.1. The fourth-order valence-corrected chi connectivity index (χ4v) is 3.06. The fourth-order valence-electron chi connectivity index (χ4n) is 3.06. The number of ether oxygens (including phenoxy) is 1. The third-order valence-corrected chi connectivity index (χ3v) is 4.04. The number of likely N-dealkylation sites (tertiary alicyclic amines) is 1. The Morgan fingerprint density at radius 2 is 2.06 bits per heavy atom. The number of aliphatic hydroxyl groups is 1. The van der Waals surface area contributed by atoms with Gasteiger partial charge in [0.25, 0.3) is 0 Å². The van der Waals surface area contributed by atoms with Crippen LogP contribution in [-0.2, 0) is 4.74 Å². The zero-order valence-corrected chi connectivity index (χ0v) is 10.9. The lowest BCUT2D eigenvalue weighted by Gasteiger charge is -2.24. The molecule has 1 aliphatic carbocycles. The molecule has 1 aliphatic heterocycles. The zero-order chi connectivity index (χ0) is 12.1. The van der Waals surface area contributed by atoms with Crippen LogP contribution in [0.2, 0.25) is 0 Å². The van der Waals surface area contributed by atoms with Crippen molar-refractivity contribution in [2.45, 2.75) is 50.4 Å². The van der Waals surface area contributed by atoms with E-state index in [2.05, 4.69) is 10.2 Å². The highest BCUT2D eigenvalue weighted by molar-refractivity contribution is 4.85. The summed E-state index contributed by atoms with van der Waals surface area (Å²) in [7, 11) is 1.78. The molecule has 100 valence electrons. The molecule has 0 bridgehead atoms. The minimum atomic E-state index is -0.244. The SMILES string of the molecule is COC1CCCC1NCC(O)CN1CCCC1. The summed E-state index contributed by atoms with van der Waals surface area (Å²) < 4.78 is 5.43. The van der Waals surface area contributed by atoms with E-state index < -0.39 is 0 Å². The molecule has 1 heterocycles. The summed E-state index contributed by atoms with van der Waals surface area (Å²) in [6.07, 6.45) is 6.23. The molecule has 0 radical (unpaired) electrons. The Hall–Kier alpha value is -0.160. The summed E-state index contributed by atoms with van der Waals surface area (Å²) in [4.78, 5) is 2.36. The van der Waals surface area contributed by atoms with Gasteiger partial charge in [-0.3, -0.25) is 0 Å². The van der Waals surface area contributed by atoms with Gasteiger partial charge in [-0.1, -0.05) is 0 Å². The van der Waals surface area contributed by atoms with E-state index in [-0.39, 0.29) is 6.10 Å². The van der Waals surface area contributed by atoms with Crippen LogP contribution >= 0.6 is 0 Å². The van der Waals surface area contributed by atoms with E-state index in [1.807, 2.05) is 0 Å². The number of methoxy groups -OCH3 is 1. The Labute approximate surface area is 104 Å². The van der Waals surface area contributed by atoms with Gasteiger partial charge >= 0.3 is 0 Å². The van der Waals surface area contributed by atoms with Gasteiger partial charge < -0.3 is 20.1 Å². The van der Waals surface area contributed by atoms with Gasteiger partial charge in [-0.25, -0.2) is 0 Å². The highest BCUT2D eigenvalue weighted by atomic mass is 16.5. The Morgan fingerprint density at radius 3 is 2.76 bits per heavy atom. The maximum absolute atomic E-state index is 9.98. The summed E-state index contributed by atoms with van der Waals surface area (Å²) in [6.45, 7) is 3.82. The number of β-amino-alcohol motifs (C(OH)–C–C–N with tert-alkyl or cyclic N) is 1. The van der Waals surface area contributed by atoms with Crippen molar-refractivity contribution in [1.29, 1.82) is 0 Å². The van der Waals surface area contributed by atoms with Crippen molar-refractivity contribution < 1.29 is 9.84 Å². The molecule has 2 rings (SSSR count). The van der Waals surface area contributed by atoms with Crippen LogP contribution in [-0.4, -0.2) is 61.5 Å². The second-order valence-corrected chi connectivity index (χ2v) is 5.38. The standard InChI is InChI=1S/C13H26N2O2/c1-17-13-6-4-5-12(13)14-9-11(16)10-15-7-2-3-8-15/h11-14,16H,2-10H2,1H3. The van der Waals surface area contributed by atoms with Gasteiger partial charge in [0, 0.05) is 26.2 Å². The van der Waals surface area contributed by atoms with E-state index in [0.29, 0.717) is 18.7 Å². The minimum absolute atomic E-state index is 0.244. The zero-order valence-electron chi connectivity index (χ0n) is 10.9. The van der Waals surface area contributed by atoms with Crippen molar-refractivity contribution in [1.82, 2.24) is 10.2 Å². The monoisotopic (exact) mass is 242 g/mol. The van der Waals surface area contributed by atoms with Crippen LogP contribution in [0.25, 0.3) is 0 Å². The number of hydrogen-bond acceptors (Lipinski definition) is 4. The van der Waals surface area contributed by atoms with Gasteiger partial charge in [0.2, 0.25) is 0 Å². The van der Waals surface area contributed by atoms with Crippen LogP contribution in [0.5, 0.6) is 0 Å². The van der Waals surface area contributed by atoms with Crippen LogP contribution in [0.4, 0.5) is 0 Å². The number of nitrogens with zero attached hydrogens (tertiary/aromatic N) is 1. The first-order valence-electron chi connectivity index (χ1n) is 6.96. The molecule has 3 unspecified atom stereocenters. The van der Waals surface area contributed by atoms with Crippen molar-refractivity contribution in [3.63, 3.8) is 0 Å². The average molecular weight is 242 g/mol. The maximum atomic E-state index is 9.98. The molecule has 4 nitrogen and oxygen atoms in total. The van der Waals surface area contributed by atoms with Gasteiger partial charge in [0.15, 0.2) is 0 Å². The van der Waals surface area contributed by atoms with Crippen molar-refractivity contribution in [3.05, 3.63) is 0 Å². The molecule has 0 spiro atoms. The number of nitrogens with one attached hydrogen (secondary N) is 1. The quantitative estimate of drug-likeness (QED) is 0.716. The second-order valence-electron chi connectivity index (χ2n) is 5.38. The Balaban J connectivity index is 1.63. The molecule has 3 atom stereocenters. The molecular formula is C13H26N2O2. The van der Waals surface area contributed by atoms with Crippen LogP contribution in [0.1, 0.15) is 32.1 Å². The molecule has 0 aromatic heterocycles. The van der Waals surface area contributed by atoms with Crippen molar-refractivity contribution >= 4 is 0 Å². The van der Waals surface area contributed by atoms with Crippen molar-refractivity contribution in [3.8, 4) is 0 Å². The Morgan fingerprint density at radius 1 is 1.29 bits per heavy atom. The van der Waals surface area contributed by atoms with Crippen LogP contribution in [0.15, 0.2) is 0 Å². The molecule has 1 saturated carbocycles. The first-order chi connectivity index (χ1) is 8.29. The second kappa shape index (κ2) is 6.69. The first kappa shape index (κ1) is 13.3. The molecule has 4 heteroatoms. The molecule has 1 saturated heterocycles. The van der Waals surface area contributed by atoms with E-state index in [4.69, 9.17) is 4.74 Å². The molecule has 0 amide bonds. The van der Waals surface area contributed by atoms with E-state index in [1.165, 1.54) is 25.7 Å². The van der Waals surface area contributed by atoms with Gasteiger partial charge in [-0.2, -0.15) is 0 Å². The maximum Gasteiger partial charge on any atom is 0.0791 e. The summed E-state index contributed by atoms with van der Waals surface area (Å²) in [6, 6.07) is 0.438. The highest BCUT2D eigenvalue weighted by Gasteiger charge is 2.27. The molecule has 2 fully saturated rings. The number of aliphatic hydroxyl groups excluding tert-OH is 1. The van der Waals surface area contributed by atoms with Gasteiger partial charge in [-0.05, 0) is 45.2 Å². The molecule has 2 aliphatic rings. The highest BCUT2D eigenvalue weighted by Crippen LogP contribution is 2.21. The van der Waals surface area contributed by atoms with Crippen LogP contribution < -0.4 is 5.32 Å². The molecule has 17 heavy (non-hydrogen) atoms. The van der Waals surface area contributed by atoms with E-state index >= 15 is 0 Å². The molecular weight excluding hydrogens is 216 g/mol. The predicted octanol–water partition coefficient (Wildman–Crippen LogP) is 0.600. The fraction of sp³-hybridized carbons (Fsp3) is 1.00. The lowest BCUT2D eigenvalue weighted by atomic mass is 10.2. The van der Waals surface area contributed by atoms with Crippen molar-refractivity contribution in [2.75, 3.05) is 33.3 Å². The third kappa shape index (κ3) is 3.91. The minimum Gasteiger partial charge on any atom is -0.390 e. The predicted molar refractivity (Wildman–Crippen MR) is 68.1 cm³/mol. The summed E-state index contributed by atoms with van der Waals surface area (Å²) >= 11 is 0. The summed E-state index contributed by atoms with van der Waals surface area (Å²) in [5.74, 6) is 0. The van der Waals surface area contributed by atoms with E-state index in [1.54, 1.807) is 7.11 Å².